The number of carbonyl (C=O) groups excluding carboxylic acids is 3. The van der Waals surface area contributed by atoms with E-state index < -0.39 is 0 Å². The van der Waals surface area contributed by atoms with Crippen molar-refractivity contribution in [2.24, 2.45) is 11.8 Å². The van der Waals surface area contributed by atoms with Crippen molar-refractivity contribution in [3.63, 3.8) is 0 Å². The lowest BCUT2D eigenvalue weighted by Gasteiger charge is -2.15. The van der Waals surface area contributed by atoms with Crippen molar-refractivity contribution in [1.29, 1.82) is 0 Å². The van der Waals surface area contributed by atoms with Crippen molar-refractivity contribution in [2.75, 3.05) is 26.1 Å². The highest BCUT2D eigenvalue weighted by molar-refractivity contribution is 6.32. The largest absolute Gasteiger partial charge is 0.495 e. The molecule has 1 N–H and O–H groups in total. The molecule has 1 heterocycles. The Hall–Kier alpha value is -2.54. The lowest BCUT2D eigenvalue weighted by molar-refractivity contribution is -0.140. The van der Waals surface area contributed by atoms with Gasteiger partial charge in [-0.3, -0.25) is 19.3 Å². The predicted octanol–water partition coefficient (Wildman–Crippen LogP) is 3.03. The number of rotatable bonds is 7. The van der Waals surface area contributed by atoms with Gasteiger partial charge in [0.25, 0.3) is 0 Å². The van der Waals surface area contributed by atoms with Crippen LogP contribution in [0.25, 0.3) is 0 Å². The maximum Gasteiger partial charge on any atom is 0.233 e. The van der Waals surface area contributed by atoms with Gasteiger partial charge in [-0.15, -0.1) is 0 Å². The molecular formula is C20H23ClN2O5. The fraction of sp³-hybridized carbons (Fsp3) is 0.450. The van der Waals surface area contributed by atoms with E-state index in [1.165, 1.54) is 19.1 Å². The summed E-state index contributed by atoms with van der Waals surface area (Å²) in [6.07, 6.45) is 5.70. The van der Waals surface area contributed by atoms with Crippen LogP contribution in [0.4, 0.5) is 5.69 Å². The maximum absolute atomic E-state index is 12.4. The average molecular weight is 407 g/mol. The highest BCUT2D eigenvalue weighted by atomic mass is 35.5. The summed E-state index contributed by atoms with van der Waals surface area (Å²) in [4.78, 5) is 38.5. The molecule has 28 heavy (non-hydrogen) atoms. The number of nitrogens with zero attached hydrogens (tertiary/aromatic N) is 1. The minimum absolute atomic E-state index is 0.121. The molecule has 2 unspecified atom stereocenters. The predicted molar refractivity (Wildman–Crippen MR) is 104 cm³/mol. The fourth-order valence-electron chi connectivity index (χ4n) is 3.66. The molecule has 8 heteroatoms. The minimum Gasteiger partial charge on any atom is -0.495 e. The normalized spacial score (nSPS) is 20.9. The molecule has 0 aromatic heterocycles. The number of amides is 3. The molecule has 1 aromatic rings. The number of nitrogens with one attached hydrogen (secondary N) is 1. The van der Waals surface area contributed by atoms with Gasteiger partial charge in [0.1, 0.15) is 11.5 Å². The molecule has 3 amide bonds. The molecule has 0 radical (unpaired) electrons. The quantitative estimate of drug-likeness (QED) is 0.555. The van der Waals surface area contributed by atoms with E-state index in [2.05, 4.69) is 5.32 Å². The molecule has 1 aliphatic carbocycles. The van der Waals surface area contributed by atoms with Crippen molar-refractivity contribution in [3.05, 3.63) is 29.3 Å². The smallest absolute Gasteiger partial charge is 0.233 e. The second-order valence-corrected chi connectivity index (χ2v) is 7.23. The number of ether oxygens (including phenoxy) is 2. The number of halogens is 1. The van der Waals surface area contributed by atoms with Crippen LogP contribution >= 0.6 is 11.6 Å². The van der Waals surface area contributed by atoms with Crippen LogP contribution in [0.5, 0.6) is 11.5 Å². The van der Waals surface area contributed by atoms with Crippen molar-refractivity contribution >= 4 is 35.0 Å². The molecule has 150 valence electrons. The zero-order chi connectivity index (χ0) is 20.3. The summed E-state index contributed by atoms with van der Waals surface area (Å²) in [5.74, 6) is -0.134. The monoisotopic (exact) mass is 406 g/mol. The number of imide groups is 1. The second-order valence-electron chi connectivity index (χ2n) is 6.82. The molecule has 1 aromatic carbocycles. The topological polar surface area (TPSA) is 84.9 Å². The fourth-order valence-corrected chi connectivity index (χ4v) is 3.89. The molecule has 1 aliphatic heterocycles. The maximum atomic E-state index is 12.4. The van der Waals surface area contributed by atoms with Crippen molar-refractivity contribution in [1.82, 2.24) is 4.90 Å². The number of fused-ring (bicyclic) bond motifs is 1. The number of carbonyl (C=O) groups is 3. The van der Waals surface area contributed by atoms with Gasteiger partial charge in [-0.05, 0) is 19.3 Å². The summed E-state index contributed by atoms with van der Waals surface area (Å²) in [5.41, 5.74) is 0.444. The molecule has 7 nitrogen and oxygen atoms in total. The molecule has 2 atom stereocenters. The summed E-state index contributed by atoms with van der Waals surface area (Å²) in [6, 6.07) is 3.15. The Morgan fingerprint density at radius 3 is 2.29 bits per heavy atom. The first-order valence-electron chi connectivity index (χ1n) is 9.17. The first-order chi connectivity index (χ1) is 13.5. The molecule has 1 saturated heterocycles. The summed E-state index contributed by atoms with van der Waals surface area (Å²) in [5, 5.41) is 3.13. The van der Waals surface area contributed by atoms with Crippen molar-refractivity contribution in [2.45, 2.75) is 25.7 Å². The van der Waals surface area contributed by atoms with Crippen LogP contribution in [-0.4, -0.2) is 43.4 Å². The SMILES string of the molecule is COc1cc(NC(=O)CCCN2C(=O)C3CC=CCC3C2=O)c(OC)cc1Cl. The third-order valence-electron chi connectivity index (χ3n) is 5.13. The molecule has 2 aliphatic rings. The van der Waals surface area contributed by atoms with Crippen LogP contribution in [0.2, 0.25) is 5.02 Å². The number of hydrogen-bond donors (Lipinski definition) is 1. The van der Waals surface area contributed by atoms with E-state index in [1.807, 2.05) is 12.2 Å². The zero-order valence-electron chi connectivity index (χ0n) is 15.9. The molecule has 1 fully saturated rings. The van der Waals surface area contributed by atoms with Crippen LogP contribution in [-0.2, 0) is 14.4 Å². The number of allylic oxidation sites excluding steroid dienone is 2. The van der Waals surface area contributed by atoms with Crippen molar-refractivity contribution < 1.29 is 23.9 Å². The molecule has 3 rings (SSSR count). The van der Waals surface area contributed by atoms with Crippen LogP contribution in [0.1, 0.15) is 25.7 Å². The third kappa shape index (κ3) is 3.99. The lowest BCUT2D eigenvalue weighted by Crippen LogP contribution is -2.32. The number of benzene rings is 1. The minimum atomic E-state index is -0.249. The van der Waals surface area contributed by atoms with Gasteiger partial charge in [-0.1, -0.05) is 23.8 Å². The Balaban J connectivity index is 1.55. The number of methoxy groups -OCH3 is 2. The molecule has 0 saturated carbocycles. The Bertz CT molecular complexity index is 797. The zero-order valence-corrected chi connectivity index (χ0v) is 16.6. The van der Waals surface area contributed by atoms with Gasteiger partial charge in [-0.25, -0.2) is 0 Å². The Morgan fingerprint density at radius 1 is 1.11 bits per heavy atom. The van der Waals surface area contributed by atoms with Crippen LogP contribution < -0.4 is 14.8 Å². The highest BCUT2D eigenvalue weighted by Gasteiger charge is 2.46. The van der Waals surface area contributed by atoms with E-state index >= 15 is 0 Å². The first kappa shape index (κ1) is 20.2. The third-order valence-corrected chi connectivity index (χ3v) is 5.43. The van der Waals surface area contributed by atoms with Gasteiger partial charge in [-0.2, -0.15) is 0 Å². The van der Waals surface area contributed by atoms with Crippen LogP contribution in [0.3, 0.4) is 0 Å². The molecule has 0 bridgehead atoms. The van der Waals surface area contributed by atoms with Gasteiger partial charge in [0.2, 0.25) is 17.7 Å². The van der Waals surface area contributed by atoms with E-state index in [0.29, 0.717) is 41.5 Å². The average Bonchev–Trinajstić information content (AvgIpc) is 2.94. The Kier molecular flexibility index (Phi) is 6.24. The van der Waals surface area contributed by atoms with E-state index in [1.54, 1.807) is 12.1 Å². The summed E-state index contributed by atoms with van der Waals surface area (Å²) in [7, 11) is 2.96. The van der Waals surface area contributed by atoms with E-state index in [0.717, 1.165) is 0 Å². The van der Waals surface area contributed by atoms with Gasteiger partial charge in [0, 0.05) is 25.1 Å². The summed E-state index contributed by atoms with van der Waals surface area (Å²) in [6.45, 7) is 0.249. The summed E-state index contributed by atoms with van der Waals surface area (Å²) < 4.78 is 10.4. The van der Waals surface area contributed by atoms with Crippen LogP contribution in [0.15, 0.2) is 24.3 Å². The molecule has 0 spiro atoms. The Morgan fingerprint density at radius 2 is 1.71 bits per heavy atom. The van der Waals surface area contributed by atoms with E-state index in [4.69, 9.17) is 21.1 Å². The van der Waals surface area contributed by atoms with Crippen molar-refractivity contribution in [3.8, 4) is 11.5 Å². The first-order valence-corrected chi connectivity index (χ1v) is 9.55. The summed E-state index contributed by atoms with van der Waals surface area (Å²) >= 11 is 6.06. The van der Waals surface area contributed by atoms with E-state index in [9.17, 15) is 14.4 Å². The number of hydrogen-bond acceptors (Lipinski definition) is 5. The van der Waals surface area contributed by atoms with Gasteiger partial charge >= 0.3 is 0 Å². The number of anilines is 1. The molecular weight excluding hydrogens is 384 g/mol. The lowest BCUT2D eigenvalue weighted by atomic mass is 9.85. The van der Waals surface area contributed by atoms with Gasteiger partial charge < -0.3 is 14.8 Å². The highest BCUT2D eigenvalue weighted by Crippen LogP contribution is 2.36. The Labute approximate surface area is 168 Å². The number of likely N-dealkylation sites (tertiary alicyclic amines) is 1. The second kappa shape index (κ2) is 8.65. The van der Waals surface area contributed by atoms with Gasteiger partial charge in [0.05, 0.1) is 36.8 Å². The van der Waals surface area contributed by atoms with Gasteiger partial charge in [0.15, 0.2) is 0 Å². The van der Waals surface area contributed by atoms with Crippen LogP contribution in [0, 0.1) is 11.8 Å². The standard InChI is InChI=1S/C20H23ClN2O5/c1-27-16-11-15(17(28-2)10-14(16)21)22-18(24)8-5-9-23-19(25)12-6-3-4-7-13(12)20(23)26/h3-4,10-13H,5-9H2,1-2H3,(H,22,24). The van der Waals surface area contributed by atoms with E-state index in [-0.39, 0.29) is 42.5 Å².